The SMILES string of the molecule is CCCCOc1ccc2[nH]c(-c3ccc(SC)cc3)c(CC(=O)O)c2c1. The highest BCUT2D eigenvalue weighted by atomic mass is 32.2. The third kappa shape index (κ3) is 4.05. The van der Waals surface area contributed by atoms with Gasteiger partial charge >= 0.3 is 5.97 Å². The number of carboxylic acids is 1. The zero-order chi connectivity index (χ0) is 18.5. The van der Waals surface area contributed by atoms with Crippen molar-refractivity contribution in [2.45, 2.75) is 31.1 Å². The Labute approximate surface area is 157 Å². The number of rotatable bonds is 8. The molecule has 0 saturated heterocycles. The van der Waals surface area contributed by atoms with Gasteiger partial charge in [0.15, 0.2) is 0 Å². The topological polar surface area (TPSA) is 62.3 Å². The Morgan fingerprint density at radius 1 is 1.19 bits per heavy atom. The monoisotopic (exact) mass is 369 g/mol. The van der Waals surface area contributed by atoms with Crippen molar-refractivity contribution in [3.05, 3.63) is 48.0 Å². The molecule has 0 aliphatic rings. The highest BCUT2D eigenvalue weighted by Crippen LogP contribution is 2.33. The first-order valence-corrected chi connectivity index (χ1v) is 9.98. The molecule has 0 spiro atoms. The lowest BCUT2D eigenvalue weighted by Gasteiger charge is -2.06. The molecule has 3 rings (SSSR count). The average Bonchev–Trinajstić information content (AvgIpc) is 2.99. The van der Waals surface area contributed by atoms with Gasteiger partial charge in [0.1, 0.15) is 5.75 Å². The van der Waals surface area contributed by atoms with Gasteiger partial charge in [-0.05, 0) is 54.1 Å². The van der Waals surface area contributed by atoms with Crippen molar-refractivity contribution in [3.8, 4) is 17.0 Å². The summed E-state index contributed by atoms with van der Waals surface area (Å²) in [5, 5.41) is 10.3. The summed E-state index contributed by atoms with van der Waals surface area (Å²) in [7, 11) is 0. The molecule has 0 saturated carbocycles. The summed E-state index contributed by atoms with van der Waals surface area (Å²) < 4.78 is 5.80. The largest absolute Gasteiger partial charge is 0.494 e. The maximum Gasteiger partial charge on any atom is 0.307 e. The van der Waals surface area contributed by atoms with Gasteiger partial charge in [0, 0.05) is 15.8 Å². The molecule has 26 heavy (non-hydrogen) atoms. The molecule has 2 aromatic carbocycles. The Kier molecular flexibility index (Phi) is 5.89. The van der Waals surface area contributed by atoms with Crippen LogP contribution in [-0.2, 0) is 11.2 Å². The van der Waals surface area contributed by atoms with Crippen molar-refractivity contribution in [3.63, 3.8) is 0 Å². The maximum absolute atomic E-state index is 11.4. The number of ether oxygens (including phenoxy) is 1. The van der Waals surface area contributed by atoms with E-state index in [4.69, 9.17) is 4.74 Å². The molecule has 2 N–H and O–H groups in total. The minimum atomic E-state index is -0.842. The summed E-state index contributed by atoms with van der Waals surface area (Å²) in [6, 6.07) is 14.0. The molecule has 0 fully saturated rings. The van der Waals surface area contributed by atoms with E-state index in [-0.39, 0.29) is 6.42 Å². The smallest absolute Gasteiger partial charge is 0.307 e. The van der Waals surface area contributed by atoms with Crippen molar-refractivity contribution >= 4 is 28.6 Å². The third-order valence-electron chi connectivity index (χ3n) is 4.35. The molecule has 136 valence electrons. The molecule has 0 aliphatic heterocycles. The molecule has 1 heterocycles. The fourth-order valence-corrected chi connectivity index (χ4v) is 3.40. The van der Waals surface area contributed by atoms with E-state index in [1.54, 1.807) is 11.8 Å². The zero-order valence-corrected chi connectivity index (χ0v) is 15.9. The first kappa shape index (κ1) is 18.4. The Bertz CT molecular complexity index is 900. The van der Waals surface area contributed by atoms with Crippen LogP contribution in [0.3, 0.4) is 0 Å². The Balaban J connectivity index is 2.04. The van der Waals surface area contributed by atoms with Crippen molar-refractivity contribution in [1.29, 1.82) is 0 Å². The number of hydrogen-bond donors (Lipinski definition) is 2. The highest BCUT2D eigenvalue weighted by molar-refractivity contribution is 7.98. The summed E-state index contributed by atoms with van der Waals surface area (Å²) >= 11 is 1.68. The maximum atomic E-state index is 11.4. The van der Waals surface area contributed by atoms with Crippen LogP contribution in [0.1, 0.15) is 25.3 Å². The van der Waals surface area contributed by atoms with E-state index in [9.17, 15) is 9.90 Å². The Morgan fingerprint density at radius 3 is 2.62 bits per heavy atom. The van der Waals surface area contributed by atoms with Crippen LogP contribution in [0, 0.1) is 0 Å². The molecule has 0 radical (unpaired) electrons. The van der Waals surface area contributed by atoms with Gasteiger partial charge in [-0.3, -0.25) is 4.79 Å². The lowest BCUT2D eigenvalue weighted by molar-refractivity contribution is -0.136. The second-order valence-electron chi connectivity index (χ2n) is 6.19. The van der Waals surface area contributed by atoms with Gasteiger partial charge in [-0.15, -0.1) is 11.8 Å². The summed E-state index contributed by atoms with van der Waals surface area (Å²) in [5.74, 6) is -0.0638. The first-order valence-electron chi connectivity index (χ1n) is 8.76. The molecule has 0 aliphatic carbocycles. The fourth-order valence-electron chi connectivity index (χ4n) is 2.99. The zero-order valence-electron chi connectivity index (χ0n) is 15.0. The van der Waals surface area contributed by atoms with E-state index < -0.39 is 5.97 Å². The van der Waals surface area contributed by atoms with Crippen molar-refractivity contribution in [2.75, 3.05) is 12.9 Å². The Morgan fingerprint density at radius 2 is 1.96 bits per heavy atom. The number of carbonyl (C=O) groups is 1. The van der Waals surface area contributed by atoms with Crippen LogP contribution in [0.15, 0.2) is 47.4 Å². The van der Waals surface area contributed by atoms with Crippen LogP contribution in [0.25, 0.3) is 22.2 Å². The second kappa shape index (κ2) is 8.32. The Hall–Kier alpha value is -2.40. The molecule has 3 aromatic rings. The van der Waals surface area contributed by atoms with E-state index >= 15 is 0 Å². The van der Waals surface area contributed by atoms with E-state index in [1.165, 1.54) is 4.90 Å². The molecule has 0 amide bonds. The quantitative estimate of drug-likeness (QED) is 0.414. The van der Waals surface area contributed by atoms with Gasteiger partial charge in [0.05, 0.1) is 18.7 Å². The number of benzene rings is 2. The first-order chi connectivity index (χ1) is 12.6. The number of nitrogens with one attached hydrogen (secondary N) is 1. The number of thioether (sulfide) groups is 1. The van der Waals surface area contributed by atoms with Crippen molar-refractivity contribution in [2.24, 2.45) is 0 Å². The number of aromatic nitrogens is 1. The number of aromatic amines is 1. The minimum absolute atomic E-state index is 0.0297. The third-order valence-corrected chi connectivity index (χ3v) is 5.09. The summed E-state index contributed by atoms with van der Waals surface area (Å²) in [4.78, 5) is 16.0. The summed E-state index contributed by atoms with van der Waals surface area (Å²) in [6.45, 7) is 2.79. The number of fused-ring (bicyclic) bond motifs is 1. The van der Waals surface area contributed by atoms with Crippen LogP contribution in [-0.4, -0.2) is 28.9 Å². The van der Waals surface area contributed by atoms with Gasteiger partial charge in [0.25, 0.3) is 0 Å². The standard InChI is InChI=1S/C21H23NO3S/c1-3-4-11-25-15-7-10-19-17(12-15)18(13-20(23)24)21(22-19)14-5-8-16(26-2)9-6-14/h5-10,12,22H,3-4,11,13H2,1-2H3,(H,23,24). The van der Waals surface area contributed by atoms with Crippen molar-refractivity contribution < 1.29 is 14.6 Å². The normalized spacial score (nSPS) is 11.0. The van der Waals surface area contributed by atoms with Gasteiger partial charge in [-0.25, -0.2) is 0 Å². The predicted molar refractivity (Wildman–Crippen MR) is 107 cm³/mol. The lowest BCUT2D eigenvalue weighted by Crippen LogP contribution is -2.01. The molecule has 4 nitrogen and oxygen atoms in total. The van der Waals surface area contributed by atoms with Gasteiger partial charge in [0.2, 0.25) is 0 Å². The number of unbranched alkanes of at least 4 members (excludes halogenated alkanes) is 1. The van der Waals surface area contributed by atoms with Gasteiger partial charge < -0.3 is 14.8 Å². The predicted octanol–water partition coefficient (Wildman–Crippen LogP) is 5.36. The molecular weight excluding hydrogens is 346 g/mol. The number of aliphatic carboxylic acids is 1. The van der Waals surface area contributed by atoms with Crippen molar-refractivity contribution in [1.82, 2.24) is 4.98 Å². The minimum Gasteiger partial charge on any atom is -0.494 e. The number of H-pyrrole nitrogens is 1. The van der Waals surface area contributed by atoms with Crippen LogP contribution in [0.2, 0.25) is 0 Å². The van der Waals surface area contributed by atoms with Gasteiger partial charge in [-0.2, -0.15) is 0 Å². The molecule has 1 aromatic heterocycles. The molecular formula is C21H23NO3S. The summed E-state index contributed by atoms with van der Waals surface area (Å²) in [6.07, 6.45) is 4.08. The average molecular weight is 369 g/mol. The van der Waals surface area contributed by atoms with Crippen LogP contribution in [0.5, 0.6) is 5.75 Å². The molecule has 0 atom stereocenters. The van der Waals surface area contributed by atoms with E-state index in [0.29, 0.717) is 6.61 Å². The van der Waals surface area contributed by atoms with E-state index in [0.717, 1.165) is 46.3 Å². The molecule has 0 unspecified atom stereocenters. The lowest BCUT2D eigenvalue weighted by atomic mass is 10.0. The summed E-state index contributed by atoms with van der Waals surface area (Å²) in [5.41, 5.74) is 3.57. The second-order valence-corrected chi connectivity index (χ2v) is 7.07. The van der Waals surface area contributed by atoms with Crippen LogP contribution >= 0.6 is 11.8 Å². The fraction of sp³-hybridized carbons (Fsp3) is 0.286. The van der Waals surface area contributed by atoms with Crippen LogP contribution < -0.4 is 4.74 Å². The molecule has 5 heteroatoms. The highest BCUT2D eigenvalue weighted by Gasteiger charge is 2.16. The van der Waals surface area contributed by atoms with E-state index in [1.807, 2.05) is 36.6 Å². The number of carboxylic acid groups (broad SMARTS) is 1. The molecule has 0 bridgehead atoms. The van der Waals surface area contributed by atoms with Crippen LogP contribution in [0.4, 0.5) is 0 Å². The van der Waals surface area contributed by atoms with Gasteiger partial charge in [-0.1, -0.05) is 25.5 Å². The number of hydrogen-bond acceptors (Lipinski definition) is 3. The van der Waals surface area contributed by atoms with E-state index in [2.05, 4.69) is 24.0 Å².